The topological polar surface area (TPSA) is 61.4 Å². The van der Waals surface area contributed by atoms with Crippen LogP contribution in [0.2, 0.25) is 0 Å². The van der Waals surface area contributed by atoms with Crippen molar-refractivity contribution in [2.45, 2.75) is 37.2 Å². The van der Waals surface area contributed by atoms with E-state index in [-0.39, 0.29) is 0 Å². The van der Waals surface area contributed by atoms with Crippen molar-refractivity contribution in [3.05, 3.63) is 47.2 Å². The smallest absolute Gasteiger partial charge is 0.191 e. The molecule has 0 aromatic carbocycles. The van der Waals surface area contributed by atoms with Gasteiger partial charge in [-0.05, 0) is 36.7 Å². The Balaban J connectivity index is 1.31. The molecule has 0 aliphatic rings. The number of nitrogens with zero attached hydrogens (tertiary/aromatic N) is 6. The number of thiophene rings is 2. The molecule has 30 heavy (non-hydrogen) atoms. The molecule has 156 valence electrons. The molecule has 0 atom stereocenters. The first-order chi connectivity index (χ1) is 14.8. The van der Waals surface area contributed by atoms with Gasteiger partial charge in [-0.25, -0.2) is 0 Å². The maximum atomic E-state index is 4.38. The lowest BCUT2D eigenvalue weighted by Gasteiger charge is -2.05. The number of hydrogen-bond acceptors (Lipinski definition) is 8. The highest BCUT2D eigenvalue weighted by Gasteiger charge is 2.14. The maximum absolute atomic E-state index is 4.38. The van der Waals surface area contributed by atoms with E-state index in [4.69, 9.17) is 0 Å². The largest absolute Gasteiger partial charge is 0.302 e. The Bertz CT molecular complexity index is 993. The first-order valence-corrected chi connectivity index (χ1v) is 13.4. The fraction of sp³-hybridized carbons (Fsp3) is 0.300. The molecule has 4 rings (SSSR count). The molecular weight excluding hydrogens is 453 g/mol. The molecule has 4 aromatic heterocycles. The minimum Gasteiger partial charge on any atom is -0.302 e. The Hall–Kier alpha value is -1.88. The third-order valence-corrected chi connectivity index (χ3v) is 7.90. The summed E-state index contributed by atoms with van der Waals surface area (Å²) in [6.07, 6.45) is 4.37. The lowest BCUT2D eigenvalue weighted by molar-refractivity contribution is 0.688. The van der Waals surface area contributed by atoms with Gasteiger partial charge in [-0.2, -0.15) is 0 Å². The average Bonchev–Trinajstić information content (AvgIpc) is 3.55. The van der Waals surface area contributed by atoms with Crippen molar-refractivity contribution in [3.63, 3.8) is 0 Å². The molecule has 0 saturated heterocycles. The van der Waals surface area contributed by atoms with Gasteiger partial charge in [-0.15, -0.1) is 43.1 Å². The van der Waals surface area contributed by atoms with Crippen LogP contribution in [0.15, 0.2) is 57.5 Å². The molecule has 4 aromatic rings. The lowest BCUT2D eigenvalue weighted by Crippen LogP contribution is -1.99. The molecule has 0 radical (unpaired) electrons. The summed E-state index contributed by atoms with van der Waals surface area (Å²) in [5.41, 5.74) is 0. The zero-order valence-corrected chi connectivity index (χ0v) is 20.0. The highest BCUT2D eigenvalue weighted by atomic mass is 32.2. The molecule has 0 saturated carbocycles. The third kappa shape index (κ3) is 4.72. The van der Waals surface area contributed by atoms with Crippen molar-refractivity contribution in [3.8, 4) is 21.4 Å². The van der Waals surface area contributed by atoms with Crippen LogP contribution in [-0.2, 0) is 13.1 Å². The summed E-state index contributed by atoms with van der Waals surface area (Å²) in [5, 5.41) is 23.6. The normalized spacial score (nSPS) is 11.7. The van der Waals surface area contributed by atoms with Crippen LogP contribution >= 0.6 is 46.2 Å². The molecule has 0 bridgehead atoms. The van der Waals surface area contributed by atoms with Gasteiger partial charge in [0, 0.05) is 24.6 Å². The van der Waals surface area contributed by atoms with E-state index in [1.807, 2.05) is 12.1 Å². The van der Waals surface area contributed by atoms with Crippen molar-refractivity contribution < 1.29 is 0 Å². The van der Waals surface area contributed by atoms with E-state index in [1.54, 1.807) is 46.2 Å². The molecule has 0 spiro atoms. The third-order valence-electron chi connectivity index (χ3n) is 4.33. The van der Waals surface area contributed by atoms with Crippen molar-refractivity contribution in [1.29, 1.82) is 0 Å². The van der Waals surface area contributed by atoms with Crippen molar-refractivity contribution in [2.24, 2.45) is 0 Å². The van der Waals surface area contributed by atoms with Gasteiger partial charge < -0.3 is 9.13 Å². The van der Waals surface area contributed by atoms with Gasteiger partial charge in [-0.3, -0.25) is 0 Å². The highest BCUT2D eigenvalue weighted by Crippen LogP contribution is 2.28. The van der Waals surface area contributed by atoms with E-state index in [0.29, 0.717) is 0 Å². The van der Waals surface area contributed by atoms with E-state index in [1.165, 1.54) is 0 Å². The van der Waals surface area contributed by atoms with E-state index in [2.05, 4.69) is 78.4 Å². The SMILES string of the molecule is CCn1c(SC/C=C/CSc2nnc(-c3cccs3)n2CC)nnc1-c1cccs1. The van der Waals surface area contributed by atoms with Gasteiger partial charge in [0.15, 0.2) is 22.0 Å². The van der Waals surface area contributed by atoms with Crippen LogP contribution in [0.3, 0.4) is 0 Å². The van der Waals surface area contributed by atoms with Crippen LogP contribution in [0.4, 0.5) is 0 Å². The van der Waals surface area contributed by atoms with Gasteiger partial charge in [-0.1, -0.05) is 47.8 Å². The Morgan fingerprint density at radius 3 is 1.60 bits per heavy atom. The van der Waals surface area contributed by atoms with E-state index < -0.39 is 0 Å². The quantitative estimate of drug-likeness (QED) is 0.214. The number of hydrogen-bond donors (Lipinski definition) is 0. The molecule has 4 heterocycles. The average molecular weight is 475 g/mol. The zero-order valence-electron chi connectivity index (χ0n) is 16.8. The van der Waals surface area contributed by atoms with Gasteiger partial charge in [0.2, 0.25) is 0 Å². The number of thioether (sulfide) groups is 2. The fourth-order valence-electron chi connectivity index (χ4n) is 2.92. The maximum Gasteiger partial charge on any atom is 0.191 e. The summed E-state index contributed by atoms with van der Waals surface area (Å²) in [7, 11) is 0. The van der Waals surface area contributed by atoms with Crippen LogP contribution in [-0.4, -0.2) is 41.0 Å². The van der Waals surface area contributed by atoms with Crippen LogP contribution in [0.25, 0.3) is 21.4 Å². The Kier molecular flexibility index (Phi) is 7.42. The highest BCUT2D eigenvalue weighted by molar-refractivity contribution is 7.99. The molecule has 0 amide bonds. The Labute approximate surface area is 192 Å². The second-order valence-corrected chi connectivity index (χ2v) is 10.0. The zero-order chi connectivity index (χ0) is 20.8. The molecule has 0 fully saturated rings. The van der Waals surface area contributed by atoms with Crippen LogP contribution in [0.5, 0.6) is 0 Å². The molecule has 0 N–H and O–H groups in total. The molecule has 10 heteroatoms. The van der Waals surface area contributed by atoms with Crippen molar-refractivity contribution in [2.75, 3.05) is 11.5 Å². The summed E-state index contributed by atoms with van der Waals surface area (Å²) in [6.45, 7) is 5.99. The van der Waals surface area contributed by atoms with E-state index in [9.17, 15) is 0 Å². The van der Waals surface area contributed by atoms with Crippen LogP contribution < -0.4 is 0 Å². The Morgan fingerprint density at radius 2 is 1.23 bits per heavy atom. The van der Waals surface area contributed by atoms with Gasteiger partial charge in [0.05, 0.1) is 9.75 Å². The second-order valence-electron chi connectivity index (χ2n) is 6.15. The second kappa shape index (κ2) is 10.4. The van der Waals surface area contributed by atoms with Gasteiger partial charge in [0.25, 0.3) is 0 Å². The molecule has 0 aliphatic carbocycles. The first-order valence-electron chi connectivity index (χ1n) is 9.66. The first kappa shape index (κ1) is 21.4. The molecule has 0 aliphatic heterocycles. The fourth-order valence-corrected chi connectivity index (χ4v) is 6.06. The number of aromatic nitrogens is 6. The van der Waals surface area contributed by atoms with Crippen molar-refractivity contribution >= 4 is 46.2 Å². The van der Waals surface area contributed by atoms with Gasteiger partial charge in [0.1, 0.15) is 0 Å². The summed E-state index contributed by atoms with van der Waals surface area (Å²) in [6, 6.07) is 8.27. The van der Waals surface area contributed by atoms with Crippen LogP contribution in [0.1, 0.15) is 13.8 Å². The standard InChI is InChI=1S/C20H22N6S4/c1-3-25-17(15-9-7-13-27-15)21-23-19(25)29-11-5-6-12-30-20-24-22-18(26(20)4-2)16-10-8-14-28-16/h5-10,13-14H,3-4,11-12H2,1-2H3/b6-5+. The molecular formula is C20H22N6S4. The summed E-state index contributed by atoms with van der Waals surface area (Å²) in [5.74, 6) is 3.64. The Morgan fingerprint density at radius 1 is 0.767 bits per heavy atom. The molecule has 0 unspecified atom stereocenters. The van der Waals surface area contributed by atoms with E-state index >= 15 is 0 Å². The van der Waals surface area contributed by atoms with Crippen molar-refractivity contribution in [1.82, 2.24) is 29.5 Å². The van der Waals surface area contributed by atoms with Crippen LogP contribution in [0, 0.1) is 0 Å². The minimum atomic E-state index is 0.862. The number of rotatable bonds is 10. The minimum absolute atomic E-state index is 0.862. The summed E-state index contributed by atoms with van der Waals surface area (Å²) >= 11 is 6.81. The predicted octanol–water partition coefficient (Wildman–Crippen LogP) is 5.81. The van der Waals surface area contributed by atoms with E-state index in [0.717, 1.165) is 56.3 Å². The predicted molar refractivity (Wildman–Crippen MR) is 129 cm³/mol. The summed E-state index contributed by atoms with van der Waals surface area (Å²) < 4.78 is 4.35. The monoisotopic (exact) mass is 474 g/mol. The molecule has 6 nitrogen and oxygen atoms in total. The lowest BCUT2D eigenvalue weighted by atomic mass is 10.4. The van der Waals surface area contributed by atoms with Gasteiger partial charge >= 0.3 is 0 Å². The summed E-state index contributed by atoms with van der Waals surface area (Å²) in [4.78, 5) is 2.31.